The molecule has 0 N–H and O–H groups in total. The normalized spacial score (nSPS) is 31.6. The average molecular weight is 214 g/mol. The zero-order valence-corrected chi connectivity index (χ0v) is 9.21. The van der Waals surface area contributed by atoms with E-state index in [1.54, 1.807) is 4.90 Å². The van der Waals surface area contributed by atoms with Gasteiger partial charge < -0.3 is 9.80 Å². The number of carbonyl (C=O) groups excluding carboxylic acids is 2. The number of nitrogens with zero attached hydrogens (tertiary/aromatic N) is 2. The highest BCUT2D eigenvalue weighted by molar-refractivity contribution is 8.14. The van der Waals surface area contributed by atoms with E-state index < -0.39 is 0 Å². The molecule has 2 heterocycles. The van der Waals surface area contributed by atoms with E-state index in [1.807, 2.05) is 18.7 Å². The zero-order chi connectivity index (χ0) is 10.3. The van der Waals surface area contributed by atoms with Gasteiger partial charge >= 0.3 is 6.03 Å². The molecule has 14 heavy (non-hydrogen) atoms. The molecule has 4 nitrogen and oxygen atoms in total. The Kier molecular flexibility index (Phi) is 2.43. The predicted octanol–water partition coefficient (Wildman–Crippen LogP) is 0.774. The Hall–Kier alpha value is -0.710. The van der Waals surface area contributed by atoms with E-state index >= 15 is 0 Å². The molecule has 2 fully saturated rings. The summed E-state index contributed by atoms with van der Waals surface area (Å²) in [5.41, 5.74) is 0. The molecular formula is C9H14N2O2S. The monoisotopic (exact) mass is 214 g/mol. The van der Waals surface area contributed by atoms with Crippen LogP contribution in [0.3, 0.4) is 0 Å². The van der Waals surface area contributed by atoms with Gasteiger partial charge in [0.25, 0.3) is 0 Å². The fourth-order valence-electron chi connectivity index (χ4n) is 2.22. The first-order valence-electron chi connectivity index (χ1n) is 4.94. The number of fused-ring (bicyclic) bond motifs is 1. The topological polar surface area (TPSA) is 40.6 Å². The highest BCUT2D eigenvalue weighted by Crippen LogP contribution is 2.34. The maximum Gasteiger partial charge on any atom is 0.321 e. The average Bonchev–Trinajstić information content (AvgIpc) is 2.65. The maximum absolute atomic E-state index is 11.8. The Morgan fingerprint density at radius 2 is 1.93 bits per heavy atom. The Morgan fingerprint density at radius 1 is 1.29 bits per heavy atom. The molecular weight excluding hydrogens is 200 g/mol. The van der Waals surface area contributed by atoms with Crippen molar-refractivity contribution in [3.05, 3.63) is 0 Å². The molecule has 0 saturated carbocycles. The third-order valence-corrected chi connectivity index (χ3v) is 3.95. The maximum atomic E-state index is 11.8. The van der Waals surface area contributed by atoms with Crippen LogP contribution in [0.15, 0.2) is 0 Å². The van der Waals surface area contributed by atoms with Gasteiger partial charge in [-0.05, 0) is 13.8 Å². The summed E-state index contributed by atoms with van der Waals surface area (Å²) in [6, 6.07) is -0.0407. The van der Waals surface area contributed by atoms with E-state index in [0.717, 1.165) is 5.75 Å². The van der Waals surface area contributed by atoms with Crippen molar-refractivity contribution in [3.63, 3.8) is 0 Å². The Balaban J connectivity index is 2.29. The molecule has 0 bridgehead atoms. The minimum Gasteiger partial charge on any atom is -0.319 e. The van der Waals surface area contributed by atoms with Crippen molar-refractivity contribution >= 4 is 22.9 Å². The van der Waals surface area contributed by atoms with E-state index in [0.29, 0.717) is 13.1 Å². The number of urea groups is 1. The van der Waals surface area contributed by atoms with E-state index in [2.05, 4.69) is 0 Å². The second-order valence-electron chi connectivity index (χ2n) is 3.50. The van der Waals surface area contributed by atoms with Gasteiger partial charge in [0.05, 0.1) is 6.04 Å². The largest absolute Gasteiger partial charge is 0.321 e. The molecule has 2 atom stereocenters. The summed E-state index contributed by atoms with van der Waals surface area (Å²) in [5.74, 6) is 0.763. The van der Waals surface area contributed by atoms with Gasteiger partial charge in [-0.2, -0.15) is 0 Å². The summed E-state index contributed by atoms with van der Waals surface area (Å²) < 4.78 is 0. The molecule has 0 aromatic carbocycles. The number of likely N-dealkylation sites (N-methyl/N-ethyl adjacent to an activating group) is 2. The van der Waals surface area contributed by atoms with Gasteiger partial charge in [0.1, 0.15) is 6.04 Å². The van der Waals surface area contributed by atoms with Crippen LogP contribution in [0.2, 0.25) is 0 Å². The Labute approximate surface area is 87.6 Å². The van der Waals surface area contributed by atoms with E-state index in [4.69, 9.17) is 0 Å². The van der Waals surface area contributed by atoms with Crippen LogP contribution in [0.4, 0.5) is 4.79 Å². The summed E-state index contributed by atoms with van der Waals surface area (Å²) in [7, 11) is 0. The molecule has 0 radical (unpaired) electrons. The van der Waals surface area contributed by atoms with Gasteiger partial charge in [-0.3, -0.25) is 4.79 Å². The van der Waals surface area contributed by atoms with Crippen LogP contribution >= 0.6 is 11.8 Å². The van der Waals surface area contributed by atoms with Crippen molar-refractivity contribution in [2.24, 2.45) is 0 Å². The van der Waals surface area contributed by atoms with Crippen molar-refractivity contribution in [1.82, 2.24) is 9.80 Å². The molecule has 0 aliphatic carbocycles. The van der Waals surface area contributed by atoms with E-state index in [9.17, 15) is 9.59 Å². The molecule has 2 amide bonds. The summed E-state index contributed by atoms with van der Waals surface area (Å²) in [4.78, 5) is 26.9. The molecule has 0 spiro atoms. The summed E-state index contributed by atoms with van der Waals surface area (Å²) >= 11 is 1.36. The van der Waals surface area contributed by atoms with Crippen molar-refractivity contribution in [1.29, 1.82) is 0 Å². The molecule has 2 rings (SSSR count). The first-order valence-corrected chi connectivity index (χ1v) is 5.93. The molecule has 0 aromatic rings. The molecule has 2 aliphatic heterocycles. The van der Waals surface area contributed by atoms with Crippen LogP contribution in [-0.2, 0) is 4.79 Å². The quantitative estimate of drug-likeness (QED) is 0.638. The number of hydrogen-bond donors (Lipinski definition) is 0. The SMILES string of the molecule is CCN1C(=O)N(CC)C2C(=O)SCC21. The lowest BCUT2D eigenvalue weighted by molar-refractivity contribution is -0.114. The Morgan fingerprint density at radius 3 is 2.50 bits per heavy atom. The minimum absolute atomic E-state index is 0.0265. The summed E-state index contributed by atoms with van der Waals surface area (Å²) in [5, 5.41) is 0.154. The number of hydrogen-bond acceptors (Lipinski definition) is 3. The Bertz CT molecular complexity index is 282. The first-order chi connectivity index (χ1) is 6.70. The van der Waals surface area contributed by atoms with E-state index in [-0.39, 0.29) is 23.2 Å². The fourth-order valence-corrected chi connectivity index (χ4v) is 3.38. The van der Waals surface area contributed by atoms with Crippen LogP contribution in [0.1, 0.15) is 13.8 Å². The van der Waals surface area contributed by atoms with Crippen LogP contribution < -0.4 is 0 Å². The van der Waals surface area contributed by atoms with Crippen LogP contribution in [0, 0.1) is 0 Å². The van der Waals surface area contributed by atoms with Crippen molar-refractivity contribution in [2.75, 3.05) is 18.8 Å². The minimum atomic E-state index is -0.183. The van der Waals surface area contributed by atoms with Gasteiger partial charge in [0.15, 0.2) is 0 Å². The second-order valence-corrected chi connectivity index (χ2v) is 4.52. The summed E-state index contributed by atoms with van der Waals surface area (Å²) in [6.07, 6.45) is 0. The van der Waals surface area contributed by atoms with Gasteiger partial charge in [-0.25, -0.2) is 4.79 Å². The lowest BCUT2D eigenvalue weighted by atomic mass is 10.1. The van der Waals surface area contributed by atoms with Gasteiger partial charge in [0, 0.05) is 18.8 Å². The highest BCUT2D eigenvalue weighted by atomic mass is 32.2. The van der Waals surface area contributed by atoms with Crippen molar-refractivity contribution < 1.29 is 9.59 Å². The molecule has 78 valence electrons. The third kappa shape index (κ3) is 1.15. The number of carbonyl (C=O) groups is 2. The van der Waals surface area contributed by atoms with E-state index in [1.165, 1.54) is 11.8 Å². The molecule has 2 unspecified atom stereocenters. The first kappa shape index (κ1) is 9.83. The predicted molar refractivity (Wildman–Crippen MR) is 55.2 cm³/mol. The van der Waals surface area contributed by atoms with Gasteiger partial charge in [-0.1, -0.05) is 11.8 Å². The summed E-state index contributed by atoms with van der Waals surface area (Å²) in [6.45, 7) is 5.21. The van der Waals surface area contributed by atoms with Crippen molar-refractivity contribution in [2.45, 2.75) is 25.9 Å². The van der Waals surface area contributed by atoms with Crippen molar-refractivity contribution in [3.8, 4) is 0 Å². The van der Waals surface area contributed by atoms with Gasteiger partial charge in [-0.15, -0.1) is 0 Å². The lowest BCUT2D eigenvalue weighted by Gasteiger charge is -2.19. The van der Waals surface area contributed by atoms with Gasteiger partial charge in [0.2, 0.25) is 5.12 Å². The highest BCUT2D eigenvalue weighted by Gasteiger charge is 2.51. The smallest absolute Gasteiger partial charge is 0.319 e. The molecule has 2 saturated heterocycles. The molecule has 5 heteroatoms. The molecule has 2 aliphatic rings. The number of rotatable bonds is 2. The van der Waals surface area contributed by atoms with Crippen LogP contribution in [-0.4, -0.2) is 51.9 Å². The lowest BCUT2D eigenvalue weighted by Crippen LogP contribution is -2.38. The number of thioether (sulfide) groups is 1. The zero-order valence-electron chi connectivity index (χ0n) is 8.40. The fraction of sp³-hybridized carbons (Fsp3) is 0.778. The van der Waals surface area contributed by atoms with Crippen LogP contribution in [0.5, 0.6) is 0 Å². The second kappa shape index (κ2) is 3.46. The van der Waals surface area contributed by atoms with Crippen LogP contribution in [0.25, 0.3) is 0 Å². The molecule has 0 aromatic heterocycles. The number of amides is 2. The standard InChI is InChI=1S/C9H14N2O2S/c1-3-10-6-5-14-8(12)7(6)11(4-2)9(10)13/h6-7H,3-5H2,1-2H3. The third-order valence-electron chi connectivity index (χ3n) is 2.91.